The van der Waals surface area contributed by atoms with Crippen LogP contribution in [0.3, 0.4) is 0 Å². The second-order valence-electron chi connectivity index (χ2n) is 13.3. The van der Waals surface area contributed by atoms with E-state index >= 15 is 0 Å². The molecule has 10 nitrogen and oxygen atoms in total. The number of hydrogen-bond acceptors (Lipinski definition) is 8. The van der Waals surface area contributed by atoms with Crippen LogP contribution in [0.2, 0.25) is 0 Å². The molecule has 3 aliphatic rings. The van der Waals surface area contributed by atoms with Crippen LogP contribution >= 0.6 is 0 Å². The predicted molar refractivity (Wildman–Crippen MR) is 174 cm³/mol. The van der Waals surface area contributed by atoms with Gasteiger partial charge in [0.1, 0.15) is 17.9 Å². The van der Waals surface area contributed by atoms with Crippen molar-refractivity contribution in [3.8, 4) is 11.5 Å². The standard InChI is InChI=1S/C33H49FN6O4S/c1-5-40(24(3)4)32(41)28-19-26(34)7-8-29(28)44-30-20-35-23-36-31(30)39-16-11-25(22-39)21-38-17-14-33(15-18-38)12-9-27(10-13-33)37-45(42,43)6-2/h7-8,19-20,23-25,27,37H,5-6,9-18,21-22H2,1-4H3/t25-/m0/s1. The van der Waals surface area contributed by atoms with Gasteiger partial charge in [-0.3, -0.25) is 4.79 Å². The van der Waals surface area contributed by atoms with Crippen LogP contribution in [0.15, 0.2) is 30.7 Å². The Morgan fingerprint density at radius 3 is 2.51 bits per heavy atom. The highest BCUT2D eigenvalue weighted by atomic mass is 32.2. The summed E-state index contributed by atoms with van der Waals surface area (Å²) in [5, 5.41) is 0. The van der Waals surface area contributed by atoms with Gasteiger partial charge in [-0.1, -0.05) is 0 Å². The van der Waals surface area contributed by atoms with Crippen LogP contribution in [-0.2, 0) is 10.0 Å². The molecule has 2 aromatic rings. The summed E-state index contributed by atoms with van der Waals surface area (Å²) in [6.45, 7) is 12.8. The van der Waals surface area contributed by atoms with Crippen molar-refractivity contribution >= 4 is 21.7 Å². The Bertz CT molecular complexity index is 1420. The fraction of sp³-hybridized carbons (Fsp3) is 0.667. The largest absolute Gasteiger partial charge is 0.451 e. The summed E-state index contributed by atoms with van der Waals surface area (Å²) in [5.74, 6) is 1.27. The molecular weight excluding hydrogens is 595 g/mol. The molecule has 45 heavy (non-hydrogen) atoms. The predicted octanol–water partition coefficient (Wildman–Crippen LogP) is 5.07. The average Bonchev–Trinajstić information content (AvgIpc) is 3.49. The smallest absolute Gasteiger partial charge is 0.257 e. The van der Waals surface area contributed by atoms with E-state index in [-0.39, 0.29) is 35.1 Å². The highest BCUT2D eigenvalue weighted by molar-refractivity contribution is 7.89. The van der Waals surface area contributed by atoms with E-state index in [1.165, 1.54) is 37.4 Å². The van der Waals surface area contributed by atoms with Gasteiger partial charge in [-0.2, -0.15) is 0 Å². The number of hydrogen-bond donors (Lipinski definition) is 1. The maximum Gasteiger partial charge on any atom is 0.257 e. The molecule has 12 heteroatoms. The quantitative estimate of drug-likeness (QED) is 0.362. The number of carbonyl (C=O) groups is 1. The number of nitrogens with zero attached hydrogens (tertiary/aromatic N) is 5. The number of likely N-dealkylation sites (tertiary alicyclic amines) is 1. The summed E-state index contributed by atoms with van der Waals surface area (Å²) in [6.07, 6.45) is 10.6. The summed E-state index contributed by atoms with van der Waals surface area (Å²) in [4.78, 5) is 28.6. The molecule has 1 saturated carbocycles. The molecular formula is C33H49FN6O4S. The van der Waals surface area contributed by atoms with Gasteiger partial charge >= 0.3 is 0 Å². The van der Waals surface area contributed by atoms with Crippen molar-refractivity contribution in [3.63, 3.8) is 0 Å². The van der Waals surface area contributed by atoms with Crippen molar-refractivity contribution in [2.45, 2.75) is 84.7 Å². The molecule has 1 aromatic heterocycles. The average molecular weight is 645 g/mol. The van der Waals surface area contributed by atoms with E-state index in [1.807, 2.05) is 20.8 Å². The Morgan fingerprint density at radius 1 is 1.11 bits per heavy atom. The van der Waals surface area contributed by atoms with Crippen LogP contribution in [0.1, 0.15) is 83.0 Å². The van der Waals surface area contributed by atoms with Crippen LogP contribution in [0, 0.1) is 17.2 Å². The third-order valence-corrected chi connectivity index (χ3v) is 11.5. The Hall–Kier alpha value is -2.83. The molecule has 3 fully saturated rings. The van der Waals surface area contributed by atoms with E-state index in [2.05, 4.69) is 24.5 Å². The van der Waals surface area contributed by atoms with Gasteiger partial charge in [-0.05, 0) is 115 Å². The van der Waals surface area contributed by atoms with E-state index in [9.17, 15) is 17.6 Å². The number of piperidine rings is 1. The molecule has 0 radical (unpaired) electrons. The SMILES string of the molecule is CCN(C(=O)c1cc(F)ccc1Oc1cncnc1N1CC[C@@H](CN2CCC3(CCC(NS(=O)(=O)CC)CC3)CC2)C1)C(C)C. The van der Waals surface area contributed by atoms with Gasteiger partial charge in [0.25, 0.3) is 5.91 Å². The van der Waals surface area contributed by atoms with E-state index in [4.69, 9.17) is 4.74 Å². The number of nitrogens with one attached hydrogen (secondary N) is 1. The third kappa shape index (κ3) is 8.13. The molecule has 1 aromatic carbocycles. The summed E-state index contributed by atoms with van der Waals surface area (Å²) in [5.41, 5.74) is 0.530. The number of carbonyl (C=O) groups excluding carboxylic acids is 1. The molecule has 1 amide bonds. The first-order valence-corrected chi connectivity index (χ1v) is 18.2. The molecule has 2 saturated heterocycles. The molecule has 248 valence electrons. The normalized spacial score (nSPS) is 21.0. The summed E-state index contributed by atoms with van der Waals surface area (Å²) in [7, 11) is -3.15. The topological polar surface area (TPSA) is 108 Å². The maximum atomic E-state index is 14.3. The first-order valence-electron chi connectivity index (χ1n) is 16.6. The summed E-state index contributed by atoms with van der Waals surface area (Å²) in [6, 6.07) is 4.08. The van der Waals surface area contributed by atoms with E-state index in [0.29, 0.717) is 29.4 Å². The van der Waals surface area contributed by atoms with E-state index < -0.39 is 15.8 Å². The Morgan fingerprint density at radius 2 is 1.84 bits per heavy atom. The van der Waals surface area contributed by atoms with Crippen molar-refractivity contribution < 1.29 is 22.3 Å². The second kappa shape index (κ2) is 14.3. The van der Waals surface area contributed by atoms with Crippen LogP contribution < -0.4 is 14.4 Å². The van der Waals surface area contributed by atoms with Crippen LogP contribution in [0.25, 0.3) is 0 Å². The van der Waals surface area contributed by atoms with Gasteiger partial charge in [0.2, 0.25) is 10.0 Å². The van der Waals surface area contributed by atoms with Gasteiger partial charge < -0.3 is 19.4 Å². The molecule has 0 bridgehead atoms. The number of benzene rings is 1. The molecule has 5 rings (SSSR count). The molecule has 2 aliphatic heterocycles. The minimum absolute atomic E-state index is 0.0368. The Kier molecular flexibility index (Phi) is 10.7. The van der Waals surface area contributed by atoms with Crippen molar-refractivity contribution in [3.05, 3.63) is 42.1 Å². The second-order valence-corrected chi connectivity index (χ2v) is 15.4. The van der Waals surface area contributed by atoms with Crippen molar-refractivity contribution in [1.29, 1.82) is 0 Å². The summed E-state index contributed by atoms with van der Waals surface area (Å²) >= 11 is 0. The van der Waals surface area contributed by atoms with Gasteiger partial charge in [-0.15, -0.1) is 0 Å². The fourth-order valence-electron chi connectivity index (χ4n) is 7.33. The number of anilines is 1. The number of halogens is 1. The highest BCUT2D eigenvalue weighted by Gasteiger charge is 2.39. The minimum Gasteiger partial charge on any atom is -0.451 e. The monoisotopic (exact) mass is 644 g/mol. The highest BCUT2D eigenvalue weighted by Crippen LogP contribution is 2.45. The maximum absolute atomic E-state index is 14.3. The molecule has 1 spiro atoms. The molecule has 1 N–H and O–H groups in total. The van der Waals surface area contributed by atoms with Crippen LogP contribution in [-0.4, -0.2) is 91.2 Å². The lowest BCUT2D eigenvalue weighted by Crippen LogP contribution is -2.46. The van der Waals surface area contributed by atoms with Crippen LogP contribution in [0.4, 0.5) is 10.2 Å². The van der Waals surface area contributed by atoms with E-state index in [1.54, 1.807) is 18.0 Å². The molecule has 3 heterocycles. The number of ether oxygens (including phenoxy) is 1. The first kappa shape index (κ1) is 33.5. The van der Waals surface area contributed by atoms with Gasteiger partial charge in [0.15, 0.2) is 11.6 Å². The zero-order valence-electron chi connectivity index (χ0n) is 27.2. The number of sulfonamides is 1. The van der Waals surface area contributed by atoms with Crippen molar-refractivity contribution in [2.24, 2.45) is 11.3 Å². The zero-order chi connectivity index (χ0) is 32.2. The minimum atomic E-state index is -3.15. The third-order valence-electron chi connectivity index (χ3n) is 10.1. The number of aromatic nitrogens is 2. The van der Waals surface area contributed by atoms with Crippen molar-refractivity contribution in [1.82, 2.24) is 24.5 Å². The zero-order valence-corrected chi connectivity index (χ0v) is 28.0. The lowest BCUT2D eigenvalue weighted by atomic mass is 9.67. The fourth-order valence-corrected chi connectivity index (χ4v) is 8.24. The number of rotatable bonds is 11. The molecule has 0 unspecified atom stereocenters. The van der Waals surface area contributed by atoms with Gasteiger partial charge in [-0.25, -0.2) is 27.5 Å². The van der Waals surface area contributed by atoms with Crippen LogP contribution in [0.5, 0.6) is 11.5 Å². The Labute approximate surface area is 267 Å². The van der Waals surface area contributed by atoms with Crippen molar-refractivity contribution in [2.75, 3.05) is 49.9 Å². The lowest BCUT2D eigenvalue weighted by molar-refractivity contribution is 0.0551. The Balaban J connectivity index is 1.17. The molecule has 1 aliphatic carbocycles. The lowest BCUT2D eigenvalue weighted by Gasteiger charge is -2.46. The number of amides is 1. The van der Waals surface area contributed by atoms with Gasteiger partial charge in [0, 0.05) is 38.3 Å². The van der Waals surface area contributed by atoms with Gasteiger partial charge in [0.05, 0.1) is 17.5 Å². The molecule has 1 atom stereocenters. The van der Waals surface area contributed by atoms with E-state index in [0.717, 1.165) is 64.8 Å². The summed E-state index contributed by atoms with van der Waals surface area (Å²) < 4.78 is 47.4. The first-order chi connectivity index (χ1) is 21.5.